The molecule has 1 aliphatic carbocycles. The molecule has 1 amide bonds. The summed E-state index contributed by atoms with van der Waals surface area (Å²) in [7, 11) is 0. The Hall–Kier alpha value is -2.24. The highest BCUT2D eigenvalue weighted by Gasteiger charge is 2.35. The van der Waals surface area contributed by atoms with Crippen LogP contribution in [0, 0.1) is 17.6 Å². The van der Waals surface area contributed by atoms with Gasteiger partial charge in [-0.25, -0.2) is 8.78 Å². The second-order valence-corrected chi connectivity index (χ2v) is 5.90. The summed E-state index contributed by atoms with van der Waals surface area (Å²) in [6.45, 7) is 4.51. The van der Waals surface area contributed by atoms with Gasteiger partial charge in [0.15, 0.2) is 6.10 Å². The molecular weight excluding hydrogens is 302 g/mol. The minimum absolute atomic E-state index is 0.106. The highest BCUT2D eigenvalue weighted by atomic mass is 19.1. The maximum atomic E-state index is 13.8. The van der Waals surface area contributed by atoms with Gasteiger partial charge in [-0.1, -0.05) is 11.2 Å². The molecule has 1 atom stereocenters. The SMILES string of the molecule is C=CCN(CC1CC(c2ccc(F)cc2F)=NO1)C(=O)C1CC1. The predicted molar refractivity (Wildman–Crippen MR) is 81.9 cm³/mol. The van der Waals surface area contributed by atoms with Crippen molar-refractivity contribution in [2.45, 2.75) is 25.4 Å². The lowest BCUT2D eigenvalue weighted by atomic mass is 10.0. The molecule has 0 aromatic heterocycles. The molecule has 0 radical (unpaired) electrons. The average molecular weight is 320 g/mol. The van der Waals surface area contributed by atoms with Crippen LogP contribution in [0.4, 0.5) is 8.78 Å². The number of oxime groups is 1. The minimum atomic E-state index is -0.662. The van der Waals surface area contributed by atoms with Crippen molar-refractivity contribution >= 4 is 11.6 Å². The Morgan fingerprint density at radius 2 is 2.22 bits per heavy atom. The molecule has 0 spiro atoms. The molecular formula is C17H18F2N2O2. The average Bonchev–Trinajstić information content (AvgIpc) is 3.26. The van der Waals surface area contributed by atoms with E-state index in [2.05, 4.69) is 11.7 Å². The summed E-state index contributed by atoms with van der Waals surface area (Å²) < 4.78 is 26.8. The summed E-state index contributed by atoms with van der Waals surface area (Å²) in [4.78, 5) is 19.2. The van der Waals surface area contributed by atoms with Gasteiger partial charge in [0.05, 0.1) is 12.3 Å². The van der Waals surface area contributed by atoms with Crippen LogP contribution in [0.15, 0.2) is 36.0 Å². The van der Waals surface area contributed by atoms with Crippen LogP contribution in [0.25, 0.3) is 0 Å². The maximum Gasteiger partial charge on any atom is 0.226 e. The zero-order chi connectivity index (χ0) is 16.4. The zero-order valence-electron chi connectivity index (χ0n) is 12.7. The Kier molecular flexibility index (Phi) is 4.41. The summed E-state index contributed by atoms with van der Waals surface area (Å²) in [5.41, 5.74) is 0.669. The molecule has 0 bridgehead atoms. The highest BCUT2D eigenvalue weighted by molar-refractivity contribution is 6.01. The third-order valence-corrected chi connectivity index (χ3v) is 3.99. The van der Waals surface area contributed by atoms with Gasteiger partial charge in [-0.3, -0.25) is 4.79 Å². The van der Waals surface area contributed by atoms with Crippen LogP contribution in [0.1, 0.15) is 24.8 Å². The van der Waals surface area contributed by atoms with Gasteiger partial charge < -0.3 is 9.74 Å². The Labute approximate surface area is 133 Å². The number of nitrogens with zero attached hydrogens (tertiary/aromatic N) is 2. The number of carbonyl (C=O) groups is 1. The highest BCUT2D eigenvalue weighted by Crippen LogP contribution is 2.31. The van der Waals surface area contributed by atoms with Crippen molar-refractivity contribution in [1.29, 1.82) is 0 Å². The number of amides is 1. The largest absolute Gasteiger partial charge is 0.390 e. The molecule has 1 aromatic rings. The Morgan fingerprint density at radius 3 is 2.87 bits per heavy atom. The van der Waals surface area contributed by atoms with Gasteiger partial charge in [0.2, 0.25) is 5.91 Å². The van der Waals surface area contributed by atoms with Crippen molar-refractivity contribution in [1.82, 2.24) is 4.90 Å². The first-order chi connectivity index (χ1) is 11.1. The summed E-state index contributed by atoms with van der Waals surface area (Å²) in [5, 5.41) is 3.90. The van der Waals surface area contributed by atoms with Crippen LogP contribution in [0.3, 0.4) is 0 Å². The number of hydrogen-bond acceptors (Lipinski definition) is 3. The fourth-order valence-electron chi connectivity index (χ4n) is 2.65. The quantitative estimate of drug-likeness (QED) is 0.756. The molecule has 0 N–H and O–H groups in total. The molecule has 3 rings (SSSR count). The van der Waals surface area contributed by atoms with E-state index in [9.17, 15) is 13.6 Å². The summed E-state index contributed by atoms with van der Waals surface area (Å²) in [6, 6.07) is 3.37. The third-order valence-electron chi connectivity index (χ3n) is 3.99. The summed E-state index contributed by atoms with van der Waals surface area (Å²) in [5.74, 6) is -1.07. The van der Waals surface area contributed by atoms with Crippen LogP contribution in [-0.4, -0.2) is 35.7 Å². The minimum Gasteiger partial charge on any atom is -0.390 e. The molecule has 4 nitrogen and oxygen atoms in total. The number of halogens is 2. The van der Waals surface area contributed by atoms with Crippen molar-refractivity contribution < 1.29 is 18.4 Å². The van der Waals surface area contributed by atoms with E-state index in [0.717, 1.165) is 18.9 Å². The molecule has 6 heteroatoms. The van der Waals surface area contributed by atoms with E-state index in [0.29, 0.717) is 25.2 Å². The Morgan fingerprint density at radius 1 is 1.43 bits per heavy atom. The van der Waals surface area contributed by atoms with E-state index >= 15 is 0 Å². The van der Waals surface area contributed by atoms with Crippen molar-refractivity contribution in [2.75, 3.05) is 13.1 Å². The molecule has 1 aliphatic heterocycles. The topological polar surface area (TPSA) is 41.9 Å². The lowest BCUT2D eigenvalue weighted by Gasteiger charge is -2.23. The standard InChI is InChI=1S/C17H18F2N2O2/c1-2-7-21(17(22)11-3-4-11)10-13-9-16(20-23-13)14-6-5-12(18)8-15(14)19/h2,5-6,8,11,13H,1,3-4,7,9-10H2. The third kappa shape index (κ3) is 3.57. The zero-order valence-corrected chi connectivity index (χ0v) is 12.7. The van der Waals surface area contributed by atoms with E-state index in [-0.39, 0.29) is 23.5 Å². The van der Waals surface area contributed by atoms with Crippen LogP contribution in [0.2, 0.25) is 0 Å². The molecule has 1 heterocycles. The lowest BCUT2D eigenvalue weighted by molar-refractivity contribution is -0.133. The van der Waals surface area contributed by atoms with Crippen LogP contribution >= 0.6 is 0 Å². The first-order valence-corrected chi connectivity index (χ1v) is 7.66. The molecule has 1 aromatic carbocycles. The van der Waals surface area contributed by atoms with E-state index < -0.39 is 11.6 Å². The van der Waals surface area contributed by atoms with E-state index in [1.54, 1.807) is 11.0 Å². The van der Waals surface area contributed by atoms with Gasteiger partial charge in [-0.15, -0.1) is 6.58 Å². The van der Waals surface area contributed by atoms with Gasteiger partial charge in [-0.05, 0) is 25.0 Å². The normalized spacial score (nSPS) is 19.9. The lowest BCUT2D eigenvalue weighted by Crippen LogP contribution is -2.38. The number of hydrogen-bond donors (Lipinski definition) is 0. The summed E-state index contributed by atoms with van der Waals surface area (Å²) in [6.07, 6.45) is 3.60. The molecule has 1 fully saturated rings. The maximum absolute atomic E-state index is 13.8. The first-order valence-electron chi connectivity index (χ1n) is 7.66. The van der Waals surface area contributed by atoms with Crippen molar-refractivity contribution in [3.8, 4) is 0 Å². The van der Waals surface area contributed by atoms with E-state index in [1.165, 1.54) is 12.1 Å². The van der Waals surface area contributed by atoms with Crippen molar-refractivity contribution in [3.05, 3.63) is 48.1 Å². The molecule has 1 unspecified atom stereocenters. The summed E-state index contributed by atoms with van der Waals surface area (Å²) >= 11 is 0. The number of rotatable bonds is 6. The van der Waals surface area contributed by atoms with Crippen LogP contribution < -0.4 is 0 Å². The fourth-order valence-corrected chi connectivity index (χ4v) is 2.65. The van der Waals surface area contributed by atoms with Crippen molar-refractivity contribution in [2.24, 2.45) is 11.1 Å². The molecule has 1 saturated carbocycles. The van der Waals surface area contributed by atoms with Gasteiger partial charge in [-0.2, -0.15) is 0 Å². The molecule has 0 saturated heterocycles. The van der Waals surface area contributed by atoms with Gasteiger partial charge in [0.25, 0.3) is 0 Å². The van der Waals surface area contributed by atoms with E-state index in [4.69, 9.17) is 4.84 Å². The smallest absolute Gasteiger partial charge is 0.226 e. The van der Waals surface area contributed by atoms with Gasteiger partial charge in [0.1, 0.15) is 11.6 Å². The van der Waals surface area contributed by atoms with Gasteiger partial charge >= 0.3 is 0 Å². The Bertz CT molecular complexity index is 656. The second kappa shape index (κ2) is 6.48. The molecule has 2 aliphatic rings. The number of benzene rings is 1. The van der Waals surface area contributed by atoms with Crippen LogP contribution in [-0.2, 0) is 9.63 Å². The second-order valence-electron chi connectivity index (χ2n) is 5.90. The van der Waals surface area contributed by atoms with Gasteiger partial charge in [0, 0.05) is 30.5 Å². The first kappa shape index (κ1) is 15.6. The van der Waals surface area contributed by atoms with Crippen LogP contribution in [0.5, 0.6) is 0 Å². The fraction of sp³-hybridized carbons (Fsp3) is 0.412. The molecule has 23 heavy (non-hydrogen) atoms. The monoisotopic (exact) mass is 320 g/mol. The predicted octanol–water partition coefficient (Wildman–Crippen LogP) is 2.88. The number of carbonyl (C=O) groups excluding carboxylic acids is 1. The van der Waals surface area contributed by atoms with E-state index in [1.807, 2.05) is 0 Å². The van der Waals surface area contributed by atoms with Crippen molar-refractivity contribution in [3.63, 3.8) is 0 Å². The molecule has 122 valence electrons. The Balaban J connectivity index is 1.63.